The van der Waals surface area contributed by atoms with Crippen LogP contribution >= 0.6 is 15.9 Å². The van der Waals surface area contributed by atoms with Crippen LogP contribution in [0.15, 0.2) is 64.0 Å². The van der Waals surface area contributed by atoms with Crippen molar-refractivity contribution in [2.45, 2.75) is 39.2 Å². The first-order chi connectivity index (χ1) is 13.7. The molecule has 0 saturated carbocycles. The molecule has 0 bridgehead atoms. The highest BCUT2D eigenvalue weighted by Crippen LogP contribution is 2.31. The molecule has 0 radical (unpaired) electrons. The maximum atomic E-state index is 12.6. The van der Waals surface area contributed by atoms with Crippen LogP contribution < -0.4 is 8.92 Å². The van der Waals surface area contributed by atoms with Crippen molar-refractivity contribution in [3.63, 3.8) is 0 Å². The van der Waals surface area contributed by atoms with Crippen LogP contribution in [0.25, 0.3) is 0 Å². The molecule has 3 rings (SSSR count). The number of aryl methyl sites for hydroxylation is 4. The lowest BCUT2D eigenvalue weighted by molar-refractivity contribution is 0.300. The average molecular weight is 475 g/mol. The summed E-state index contributed by atoms with van der Waals surface area (Å²) in [6, 6.07) is 15.9. The first-order valence-corrected chi connectivity index (χ1v) is 11.4. The first kappa shape index (κ1) is 21.4. The van der Waals surface area contributed by atoms with E-state index in [4.69, 9.17) is 8.92 Å². The molecule has 0 aliphatic heterocycles. The molecule has 0 atom stereocenters. The van der Waals surface area contributed by atoms with E-state index >= 15 is 0 Å². The molecule has 0 N–H and O–H groups in total. The molecular weight excluding hydrogens is 452 g/mol. The number of rotatable bonds is 6. The topological polar surface area (TPSA) is 52.6 Å². The van der Waals surface area contributed by atoms with E-state index in [9.17, 15) is 8.42 Å². The van der Waals surface area contributed by atoms with Gasteiger partial charge in [-0.05, 0) is 68.7 Å². The number of benzene rings is 3. The highest BCUT2D eigenvalue weighted by atomic mass is 79.9. The lowest BCUT2D eigenvalue weighted by Gasteiger charge is -2.15. The summed E-state index contributed by atoms with van der Waals surface area (Å²) in [5, 5.41) is 0. The summed E-state index contributed by atoms with van der Waals surface area (Å²) in [6.07, 6.45) is 0. The van der Waals surface area contributed by atoms with Gasteiger partial charge in [0.25, 0.3) is 0 Å². The van der Waals surface area contributed by atoms with Crippen molar-refractivity contribution >= 4 is 26.0 Å². The van der Waals surface area contributed by atoms with Crippen molar-refractivity contribution in [2.24, 2.45) is 0 Å². The van der Waals surface area contributed by atoms with Gasteiger partial charge in [-0.25, -0.2) is 0 Å². The number of hydrogen-bond donors (Lipinski definition) is 0. The predicted octanol–water partition coefficient (Wildman–Crippen LogP) is 6.03. The Morgan fingerprint density at radius 2 is 1.48 bits per heavy atom. The third kappa shape index (κ3) is 5.00. The number of halogens is 1. The van der Waals surface area contributed by atoms with Gasteiger partial charge in [-0.1, -0.05) is 51.8 Å². The van der Waals surface area contributed by atoms with Crippen molar-refractivity contribution in [2.75, 3.05) is 0 Å². The summed E-state index contributed by atoms with van der Waals surface area (Å²) in [7, 11) is -3.91. The molecule has 3 aromatic rings. The minimum absolute atomic E-state index is 0.122. The first-order valence-electron chi connectivity index (χ1n) is 9.16. The SMILES string of the molecule is Cc1ccc(S(=O)(=O)Oc2cc(C)c(Br)c(COc3c(C)cccc3C)c2)cc1. The van der Waals surface area contributed by atoms with Gasteiger partial charge in [0.15, 0.2) is 0 Å². The van der Waals surface area contributed by atoms with Crippen LogP contribution in [0.4, 0.5) is 0 Å². The standard InChI is InChI=1S/C23H23BrO4S/c1-15-8-10-21(11-9-15)29(25,26)28-20-12-18(4)22(24)19(13-20)14-27-23-16(2)6-5-7-17(23)3/h5-13H,14H2,1-4H3. The molecule has 4 nitrogen and oxygen atoms in total. The van der Waals surface area contributed by atoms with Crippen LogP contribution in [-0.2, 0) is 16.7 Å². The van der Waals surface area contributed by atoms with Gasteiger partial charge in [0, 0.05) is 10.0 Å². The molecule has 3 aromatic carbocycles. The van der Waals surface area contributed by atoms with E-state index in [0.29, 0.717) is 0 Å². The maximum absolute atomic E-state index is 12.6. The zero-order chi connectivity index (χ0) is 21.2. The fraction of sp³-hybridized carbons (Fsp3) is 0.217. The highest BCUT2D eigenvalue weighted by Gasteiger charge is 2.18. The van der Waals surface area contributed by atoms with Crippen molar-refractivity contribution < 1.29 is 17.3 Å². The Labute approximate surface area is 180 Å². The maximum Gasteiger partial charge on any atom is 0.339 e. The van der Waals surface area contributed by atoms with Crippen LogP contribution in [0.2, 0.25) is 0 Å². The second-order valence-corrected chi connectivity index (χ2v) is 9.41. The van der Waals surface area contributed by atoms with Crippen LogP contribution in [0.5, 0.6) is 11.5 Å². The van der Waals surface area contributed by atoms with E-state index in [1.165, 1.54) is 0 Å². The monoisotopic (exact) mass is 474 g/mol. The normalized spacial score (nSPS) is 11.3. The van der Waals surface area contributed by atoms with Gasteiger partial charge in [0.05, 0.1) is 0 Å². The number of para-hydroxylation sites is 1. The number of hydrogen-bond acceptors (Lipinski definition) is 4. The smallest absolute Gasteiger partial charge is 0.339 e. The molecule has 0 saturated heterocycles. The Hall–Kier alpha value is -2.31. The highest BCUT2D eigenvalue weighted by molar-refractivity contribution is 9.10. The molecule has 0 aliphatic rings. The van der Waals surface area contributed by atoms with Crippen molar-refractivity contribution in [3.05, 3.63) is 86.9 Å². The van der Waals surface area contributed by atoms with Gasteiger partial charge in [0.1, 0.15) is 23.0 Å². The average Bonchev–Trinajstić information content (AvgIpc) is 2.65. The van der Waals surface area contributed by atoms with Crippen molar-refractivity contribution in [1.29, 1.82) is 0 Å². The molecule has 0 fully saturated rings. The van der Waals surface area contributed by atoms with Gasteiger partial charge in [-0.15, -0.1) is 0 Å². The minimum Gasteiger partial charge on any atom is -0.488 e. The molecule has 0 amide bonds. The van der Waals surface area contributed by atoms with Crippen LogP contribution in [0, 0.1) is 27.7 Å². The Morgan fingerprint density at radius 3 is 2.10 bits per heavy atom. The van der Waals surface area contributed by atoms with Crippen LogP contribution in [-0.4, -0.2) is 8.42 Å². The van der Waals surface area contributed by atoms with Crippen molar-refractivity contribution in [3.8, 4) is 11.5 Å². The Morgan fingerprint density at radius 1 is 0.862 bits per heavy atom. The number of ether oxygens (including phenoxy) is 1. The fourth-order valence-corrected chi connectivity index (χ4v) is 4.27. The Kier molecular flexibility index (Phi) is 6.34. The molecule has 0 aliphatic carbocycles. The van der Waals surface area contributed by atoms with Gasteiger partial charge < -0.3 is 8.92 Å². The molecule has 0 heterocycles. The fourth-order valence-electron chi connectivity index (χ4n) is 3.02. The van der Waals surface area contributed by atoms with Crippen LogP contribution in [0.1, 0.15) is 27.8 Å². The molecule has 0 aromatic heterocycles. The van der Waals surface area contributed by atoms with Gasteiger partial charge in [0.2, 0.25) is 0 Å². The summed E-state index contributed by atoms with van der Waals surface area (Å²) in [5.41, 5.74) is 4.75. The molecule has 152 valence electrons. The molecular formula is C23H23BrO4S. The second-order valence-electron chi connectivity index (χ2n) is 7.07. The largest absolute Gasteiger partial charge is 0.488 e. The third-order valence-electron chi connectivity index (χ3n) is 4.60. The third-order valence-corrected chi connectivity index (χ3v) is 7.00. The summed E-state index contributed by atoms with van der Waals surface area (Å²) in [4.78, 5) is 0.122. The quantitative estimate of drug-likeness (QED) is 0.409. The van der Waals surface area contributed by atoms with Gasteiger partial charge in [-0.3, -0.25) is 0 Å². The van der Waals surface area contributed by atoms with E-state index in [1.54, 1.807) is 36.4 Å². The van der Waals surface area contributed by atoms with E-state index in [1.807, 2.05) is 45.9 Å². The predicted molar refractivity (Wildman–Crippen MR) is 118 cm³/mol. The lowest BCUT2D eigenvalue weighted by atomic mass is 10.1. The van der Waals surface area contributed by atoms with E-state index in [2.05, 4.69) is 15.9 Å². The van der Waals surface area contributed by atoms with E-state index < -0.39 is 10.1 Å². The summed E-state index contributed by atoms with van der Waals surface area (Å²) >= 11 is 3.57. The van der Waals surface area contributed by atoms with Crippen LogP contribution in [0.3, 0.4) is 0 Å². The summed E-state index contributed by atoms with van der Waals surface area (Å²) in [5.74, 6) is 1.09. The lowest BCUT2D eigenvalue weighted by Crippen LogP contribution is -2.10. The minimum atomic E-state index is -3.91. The Balaban J connectivity index is 1.86. The zero-order valence-corrected chi connectivity index (χ0v) is 19.2. The second kappa shape index (κ2) is 8.59. The summed E-state index contributed by atoms with van der Waals surface area (Å²) in [6.45, 7) is 8.07. The summed E-state index contributed by atoms with van der Waals surface area (Å²) < 4.78 is 37.5. The van der Waals surface area contributed by atoms with E-state index in [0.717, 1.165) is 38.0 Å². The van der Waals surface area contributed by atoms with Gasteiger partial charge in [-0.2, -0.15) is 8.42 Å². The Bertz CT molecular complexity index is 1120. The van der Waals surface area contributed by atoms with E-state index in [-0.39, 0.29) is 17.3 Å². The van der Waals surface area contributed by atoms with Crippen molar-refractivity contribution in [1.82, 2.24) is 0 Å². The molecule has 0 unspecified atom stereocenters. The molecule has 29 heavy (non-hydrogen) atoms. The molecule has 0 spiro atoms. The zero-order valence-electron chi connectivity index (χ0n) is 16.8. The van der Waals surface area contributed by atoms with Gasteiger partial charge >= 0.3 is 10.1 Å². The molecule has 6 heteroatoms.